The molecule has 1 aromatic rings. The standard InChI is InChI=1S/C14H22N2O4S/c1-3-5-10-15-14(17)11-16-21(18,19)13-8-6-12(7-9-13)20-4-2/h6-9,16H,3-5,10-11H2,1-2H3,(H,15,17). The first kappa shape index (κ1) is 17.5. The third-order valence-electron chi connectivity index (χ3n) is 2.72. The van der Waals surface area contributed by atoms with Crippen LogP contribution in [0.25, 0.3) is 0 Å². The smallest absolute Gasteiger partial charge is 0.241 e. The summed E-state index contributed by atoms with van der Waals surface area (Å²) in [5, 5.41) is 2.65. The van der Waals surface area contributed by atoms with E-state index < -0.39 is 10.0 Å². The minimum Gasteiger partial charge on any atom is -0.494 e. The van der Waals surface area contributed by atoms with E-state index >= 15 is 0 Å². The van der Waals surface area contributed by atoms with E-state index in [9.17, 15) is 13.2 Å². The lowest BCUT2D eigenvalue weighted by atomic mass is 10.3. The molecule has 0 aliphatic rings. The molecule has 0 aliphatic heterocycles. The van der Waals surface area contributed by atoms with E-state index in [2.05, 4.69) is 10.0 Å². The van der Waals surface area contributed by atoms with Crippen molar-refractivity contribution < 1.29 is 17.9 Å². The van der Waals surface area contributed by atoms with Gasteiger partial charge in [0.05, 0.1) is 18.0 Å². The average molecular weight is 314 g/mol. The molecule has 0 fully saturated rings. The normalized spacial score (nSPS) is 11.1. The number of amides is 1. The topological polar surface area (TPSA) is 84.5 Å². The third kappa shape index (κ3) is 6.14. The van der Waals surface area contributed by atoms with Crippen LogP contribution in [0.4, 0.5) is 0 Å². The van der Waals surface area contributed by atoms with Gasteiger partial charge in [0.15, 0.2) is 0 Å². The van der Waals surface area contributed by atoms with Crippen LogP contribution in [0.1, 0.15) is 26.7 Å². The highest BCUT2D eigenvalue weighted by Crippen LogP contribution is 2.15. The van der Waals surface area contributed by atoms with Gasteiger partial charge < -0.3 is 10.1 Å². The molecular formula is C14H22N2O4S. The average Bonchev–Trinajstić information content (AvgIpc) is 2.46. The zero-order chi connectivity index (χ0) is 15.7. The number of benzene rings is 1. The molecule has 6 nitrogen and oxygen atoms in total. The highest BCUT2D eigenvalue weighted by molar-refractivity contribution is 7.89. The molecule has 0 saturated heterocycles. The van der Waals surface area contributed by atoms with Crippen LogP contribution >= 0.6 is 0 Å². The van der Waals surface area contributed by atoms with Crippen LogP contribution in [0.3, 0.4) is 0 Å². The van der Waals surface area contributed by atoms with Crippen molar-refractivity contribution in [3.63, 3.8) is 0 Å². The summed E-state index contributed by atoms with van der Waals surface area (Å²) >= 11 is 0. The molecule has 1 rings (SSSR count). The van der Waals surface area contributed by atoms with Crippen molar-refractivity contribution in [3.05, 3.63) is 24.3 Å². The van der Waals surface area contributed by atoms with Crippen molar-refractivity contribution in [2.24, 2.45) is 0 Å². The Labute approximate surface area is 125 Å². The number of nitrogens with one attached hydrogen (secondary N) is 2. The predicted octanol–water partition coefficient (Wildman–Crippen LogP) is 1.28. The lowest BCUT2D eigenvalue weighted by Gasteiger charge is -2.08. The summed E-state index contributed by atoms with van der Waals surface area (Å²) in [5.41, 5.74) is 0. The van der Waals surface area contributed by atoms with Gasteiger partial charge >= 0.3 is 0 Å². The zero-order valence-corrected chi connectivity index (χ0v) is 13.2. The Morgan fingerprint density at radius 1 is 1.19 bits per heavy atom. The monoisotopic (exact) mass is 314 g/mol. The fourth-order valence-electron chi connectivity index (χ4n) is 1.59. The van der Waals surface area contributed by atoms with Crippen molar-refractivity contribution >= 4 is 15.9 Å². The van der Waals surface area contributed by atoms with E-state index in [1.807, 2.05) is 13.8 Å². The summed E-state index contributed by atoms with van der Waals surface area (Å²) in [6, 6.07) is 6.06. The quantitative estimate of drug-likeness (QED) is 0.673. The fraction of sp³-hybridized carbons (Fsp3) is 0.500. The SMILES string of the molecule is CCCCNC(=O)CNS(=O)(=O)c1ccc(OCC)cc1. The van der Waals surface area contributed by atoms with Crippen LogP contribution in [0.5, 0.6) is 5.75 Å². The van der Waals surface area contributed by atoms with E-state index in [0.717, 1.165) is 12.8 Å². The molecule has 1 aromatic carbocycles. The molecule has 0 unspecified atom stereocenters. The Hall–Kier alpha value is -1.60. The molecule has 0 aromatic heterocycles. The van der Waals surface area contributed by atoms with Gasteiger partial charge in [0, 0.05) is 6.54 Å². The highest BCUT2D eigenvalue weighted by Gasteiger charge is 2.15. The van der Waals surface area contributed by atoms with Gasteiger partial charge in [-0.2, -0.15) is 0 Å². The highest BCUT2D eigenvalue weighted by atomic mass is 32.2. The molecule has 1 amide bonds. The van der Waals surface area contributed by atoms with Crippen molar-refractivity contribution in [2.45, 2.75) is 31.6 Å². The summed E-state index contributed by atoms with van der Waals surface area (Å²) in [6.07, 6.45) is 1.84. The van der Waals surface area contributed by atoms with Crippen LogP contribution in [0.15, 0.2) is 29.2 Å². The third-order valence-corrected chi connectivity index (χ3v) is 4.14. The molecule has 0 heterocycles. The van der Waals surface area contributed by atoms with E-state index in [0.29, 0.717) is 18.9 Å². The van der Waals surface area contributed by atoms with E-state index in [-0.39, 0.29) is 17.3 Å². The number of ether oxygens (including phenoxy) is 1. The Bertz CT molecular complexity index is 541. The fourth-order valence-corrected chi connectivity index (χ4v) is 2.57. The van der Waals surface area contributed by atoms with Crippen molar-refractivity contribution in [1.82, 2.24) is 10.0 Å². The predicted molar refractivity (Wildman–Crippen MR) is 80.7 cm³/mol. The summed E-state index contributed by atoms with van der Waals surface area (Å²) in [4.78, 5) is 11.6. The van der Waals surface area contributed by atoms with Gasteiger partial charge in [0.25, 0.3) is 0 Å². The minimum atomic E-state index is -3.68. The maximum atomic E-state index is 12.0. The molecule has 0 radical (unpaired) electrons. The maximum Gasteiger partial charge on any atom is 0.241 e. The number of hydrogen-bond acceptors (Lipinski definition) is 4. The molecule has 7 heteroatoms. The zero-order valence-electron chi connectivity index (χ0n) is 12.4. The number of carbonyl (C=O) groups is 1. The number of carbonyl (C=O) groups excluding carboxylic acids is 1. The Balaban J connectivity index is 2.54. The van der Waals surface area contributed by atoms with E-state index in [1.165, 1.54) is 12.1 Å². The number of rotatable bonds is 9. The summed E-state index contributed by atoms with van der Waals surface area (Å²) in [7, 11) is -3.68. The van der Waals surface area contributed by atoms with Gasteiger partial charge in [-0.1, -0.05) is 13.3 Å². The molecule has 118 valence electrons. The van der Waals surface area contributed by atoms with E-state index in [4.69, 9.17) is 4.74 Å². The lowest BCUT2D eigenvalue weighted by molar-refractivity contribution is -0.119. The maximum absolute atomic E-state index is 12.0. The van der Waals surface area contributed by atoms with Gasteiger partial charge in [0.2, 0.25) is 15.9 Å². The van der Waals surface area contributed by atoms with Crippen LogP contribution in [-0.4, -0.2) is 34.0 Å². The Morgan fingerprint density at radius 2 is 1.86 bits per heavy atom. The first-order chi connectivity index (χ1) is 9.99. The van der Waals surface area contributed by atoms with Crippen molar-refractivity contribution in [3.8, 4) is 5.75 Å². The van der Waals surface area contributed by atoms with Crippen LogP contribution in [0.2, 0.25) is 0 Å². The van der Waals surface area contributed by atoms with Crippen molar-refractivity contribution in [2.75, 3.05) is 19.7 Å². The second-order valence-electron chi connectivity index (χ2n) is 4.43. The van der Waals surface area contributed by atoms with Crippen LogP contribution in [0, 0.1) is 0 Å². The molecule has 0 spiro atoms. The van der Waals surface area contributed by atoms with Crippen molar-refractivity contribution in [1.29, 1.82) is 0 Å². The summed E-state index contributed by atoms with van der Waals surface area (Å²) in [6.45, 7) is 4.67. The second kappa shape index (κ2) is 8.63. The largest absolute Gasteiger partial charge is 0.494 e. The first-order valence-corrected chi connectivity index (χ1v) is 8.47. The van der Waals surface area contributed by atoms with Gasteiger partial charge in [-0.25, -0.2) is 13.1 Å². The van der Waals surface area contributed by atoms with Crippen LogP contribution in [-0.2, 0) is 14.8 Å². The molecule has 2 N–H and O–H groups in total. The first-order valence-electron chi connectivity index (χ1n) is 6.98. The van der Waals surface area contributed by atoms with E-state index in [1.54, 1.807) is 12.1 Å². The summed E-state index contributed by atoms with van der Waals surface area (Å²) in [5.74, 6) is 0.270. The number of unbranched alkanes of at least 4 members (excludes halogenated alkanes) is 1. The molecule has 0 atom stereocenters. The Morgan fingerprint density at radius 3 is 2.43 bits per heavy atom. The molecule has 0 aliphatic carbocycles. The Kier molecular flexibility index (Phi) is 7.18. The molecule has 0 saturated carbocycles. The number of sulfonamides is 1. The summed E-state index contributed by atoms with van der Waals surface area (Å²) < 4.78 is 31.5. The molecule has 21 heavy (non-hydrogen) atoms. The molecule has 0 bridgehead atoms. The molecular weight excluding hydrogens is 292 g/mol. The van der Waals surface area contributed by atoms with Gasteiger partial charge in [-0.15, -0.1) is 0 Å². The number of hydrogen-bond donors (Lipinski definition) is 2. The minimum absolute atomic E-state index is 0.104. The van der Waals surface area contributed by atoms with Gasteiger partial charge in [0.1, 0.15) is 5.75 Å². The van der Waals surface area contributed by atoms with Gasteiger partial charge in [-0.05, 0) is 37.6 Å². The van der Waals surface area contributed by atoms with Crippen LogP contribution < -0.4 is 14.8 Å². The second-order valence-corrected chi connectivity index (χ2v) is 6.20. The lowest BCUT2D eigenvalue weighted by Crippen LogP contribution is -2.37. The van der Waals surface area contributed by atoms with Gasteiger partial charge in [-0.3, -0.25) is 4.79 Å².